The molecule has 106 valence electrons. The highest BCUT2D eigenvalue weighted by atomic mass is 32.1. The minimum atomic E-state index is -0.140. The molecule has 1 aromatic heterocycles. The fourth-order valence-corrected chi connectivity index (χ4v) is 2.45. The highest BCUT2D eigenvalue weighted by molar-refractivity contribution is 7.15. The minimum Gasteiger partial charge on any atom is -0.493 e. The Bertz CT molecular complexity index is 610. The molecule has 0 aliphatic carbocycles. The molecule has 6 heteroatoms. The summed E-state index contributed by atoms with van der Waals surface area (Å²) in [6.07, 6.45) is 0.671. The fourth-order valence-electron chi connectivity index (χ4n) is 1.68. The van der Waals surface area contributed by atoms with Crippen molar-refractivity contribution in [2.75, 3.05) is 11.9 Å². The molecule has 5 nitrogen and oxygen atoms in total. The van der Waals surface area contributed by atoms with E-state index in [4.69, 9.17) is 4.74 Å². The quantitative estimate of drug-likeness (QED) is 0.920. The molecule has 2 rings (SSSR count). The molecule has 1 aromatic carbocycles. The Morgan fingerprint density at radius 3 is 2.90 bits per heavy atom. The van der Waals surface area contributed by atoms with Gasteiger partial charge >= 0.3 is 0 Å². The van der Waals surface area contributed by atoms with Crippen LogP contribution in [0.15, 0.2) is 18.2 Å². The average molecular weight is 291 g/mol. The first-order valence-electron chi connectivity index (χ1n) is 6.35. The lowest BCUT2D eigenvalue weighted by atomic mass is 10.1. The third-order valence-electron chi connectivity index (χ3n) is 2.88. The lowest BCUT2D eigenvalue weighted by molar-refractivity contribution is -0.114. The molecule has 0 radical (unpaired) electrons. The highest BCUT2D eigenvalue weighted by Crippen LogP contribution is 2.21. The number of rotatable bonds is 5. The monoisotopic (exact) mass is 291 g/mol. The molecule has 0 atom stereocenters. The van der Waals surface area contributed by atoms with Crippen LogP contribution >= 0.6 is 11.3 Å². The molecule has 1 N–H and O–H groups in total. The molecule has 0 aliphatic heterocycles. The summed E-state index contributed by atoms with van der Waals surface area (Å²) in [7, 11) is 0. The van der Waals surface area contributed by atoms with Crippen LogP contribution in [0.3, 0.4) is 0 Å². The van der Waals surface area contributed by atoms with Gasteiger partial charge in [0, 0.05) is 13.3 Å². The number of carbonyl (C=O) groups is 1. The Balaban J connectivity index is 1.88. The van der Waals surface area contributed by atoms with Crippen molar-refractivity contribution in [1.29, 1.82) is 0 Å². The van der Waals surface area contributed by atoms with Crippen molar-refractivity contribution < 1.29 is 9.53 Å². The van der Waals surface area contributed by atoms with E-state index in [-0.39, 0.29) is 5.91 Å². The molecular weight excluding hydrogens is 274 g/mol. The maximum absolute atomic E-state index is 10.9. The van der Waals surface area contributed by atoms with Gasteiger partial charge in [-0.2, -0.15) is 0 Å². The van der Waals surface area contributed by atoms with Crippen molar-refractivity contribution in [1.82, 2.24) is 10.2 Å². The number of aryl methyl sites for hydroxylation is 1. The van der Waals surface area contributed by atoms with E-state index in [0.29, 0.717) is 18.2 Å². The third-order valence-corrected chi connectivity index (χ3v) is 3.78. The lowest BCUT2D eigenvalue weighted by Gasteiger charge is -2.09. The number of anilines is 1. The van der Waals surface area contributed by atoms with Gasteiger partial charge in [-0.3, -0.25) is 4.79 Å². The average Bonchev–Trinajstić information content (AvgIpc) is 2.81. The predicted octanol–water partition coefficient (Wildman–Crippen LogP) is 2.73. The molecule has 1 heterocycles. The van der Waals surface area contributed by atoms with Crippen LogP contribution in [0.2, 0.25) is 0 Å². The van der Waals surface area contributed by atoms with Crippen molar-refractivity contribution in [2.45, 2.75) is 27.2 Å². The first kappa shape index (κ1) is 14.5. The van der Waals surface area contributed by atoms with Crippen LogP contribution in [0.4, 0.5) is 5.13 Å². The summed E-state index contributed by atoms with van der Waals surface area (Å²) in [5, 5.41) is 11.9. The normalized spacial score (nSPS) is 10.3. The number of benzene rings is 1. The smallest absolute Gasteiger partial charge is 0.223 e. The van der Waals surface area contributed by atoms with Gasteiger partial charge in [-0.15, -0.1) is 10.2 Å². The number of hydrogen-bond acceptors (Lipinski definition) is 5. The number of aromatic nitrogens is 2. The number of carbonyl (C=O) groups excluding carboxylic acids is 1. The van der Waals surface area contributed by atoms with Gasteiger partial charge in [-0.1, -0.05) is 23.5 Å². The van der Waals surface area contributed by atoms with Gasteiger partial charge in [0.15, 0.2) is 0 Å². The number of nitrogens with zero attached hydrogens (tertiary/aromatic N) is 2. The molecule has 0 spiro atoms. The maximum Gasteiger partial charge on any atom is 0.223 e. The van der Waals surface area contributed by atoms with E-state index < -0.39 is 0 Å². The zero-order chi connectivity index (χ0) is 14.5. The predicted molar refractivity (Wildman–Crippen MR) is 79.3 cm³/mol. The van der Waals surface area contributed by atoms with E-state index in [9.17, 15) is 4.79 Å². The van der Waals surface area contributed by atoms with Crippen LogP contribution < -0.4 is 10.1 Å². The highest BCUT2D eigenvalue weighted by Gasteiger charge is 2.06. The van der Waals surface area contributed by atoms with Crippen LogP contribution in [0, 0.1) is 13.8 Å². The lowest BCUT2D eigenvalue weighted by Crippen LogP contribution is -2.04. The minimum absolute atomic E-state index is 0.140. The van der Waals surface area contributed by atoms with Crippen molar-refractivity contribution >= 4 is 22.4 Å². The number of ether oxygens (including phenoxy) is 1. The van der Waals surface area contributed by atoms with Gasteiger partial charge in [-0.25, -0.2) is 0 Å². The van der Waals surface area contributed by atoms with Gasteiger partial charge in [0.2, 0.25) is 11.0 Å². The van der Waals surface area contributed by atoms with Gasteiger partial charge in [0.05, 0.1) is 6.61 Å². The first-order chi connectivity index (χ1) is 9.56. The maximum atomic E-state index is 10.9. The van der Waals surface area contributed by atoms with E-state index in [1.807, 2.05) is 19.1 Å². The van der Waals surface area contributed by atoms with Crippen LogP contribution in [0.25, 0.3) is 0 Å². The molecule has 0 bridgehead atoms. The number of hydrogen-bond donors (Lipinski definition) is 1. The van der Waals surface area contributed by atoms with Gasteiger partial charge in [0.1, 0.15) is 10.8 Å². The molecule has 20 heavy (non-hydrogen) atoms. The van der Waals surface area contributed by atoms with Crippen molar-refractivity contribution in [3.8, 4) is 5.75 Å². The topological polar surface area (TPSA) is 64.1 Å². The Labute approximate surface area is 122 Å². The first-order valence-corrected chi connectivity index (χ1v) is 7.17. The Kier molecular flexibility index (Phi) is 4.68. The van der Waals surface area contributed by atoms with E-state index in [1.54, 1.807) is 0 Å². The van der Waals surface area contributed by atoms with Crippen LogP contribution in [-0.4, -0.2) is 22.7 Å². The van der Waals surface area contributed by atoms with Gasteiger partial charge in [0.25, 0.3) is 0 Å². The van der Waals surface area contributed by atoms with Crippen molar-refractivity contribution in [3.05, 3.63) is 34.3 Å². The summed E-state index contributed by atoms with van der Waals surface area (Å²) >= 11 is 1.37. The Hall–Kier alpha value is -1.95. The molecule has 0 unspecified atom stereocenters. The number of nitrogens with one attached hydrogen (secondary N) is 1. The zero-order valence-corrected chi connectivity index (χ0v) is 12.6. The van der Waals surface area contributed by atoms with Crippen LogP contribution in [-0.2, 0) is 11.2 Å². The molecule has 1 amide bonds. The van der Waals surface area contributed by atoms with Crippen LogP contribution in [0.1, 0.15) is 23.1 Å². The summed E-state index contributed by atoms with van der Waals surface area (Å²) in [5.74, 6) is 0.760. The molecule has 2 aromatic rings. The van der Waals surface area contributed by atoms with E-state index >= 15 is 0 Å². The van der Waals surface area contributed by atoms with E-state index in [1.165, 1.54) is 23.8 Å². The summed E-state index contributed by atoms with van der Waals surface area (Å²) in [4.78, 5) is 10.9. The van der Waals surface area contributed by atoms with E-state index in [0.717, 1.165) is 16.3 Å². The third kappa shape index (κ3) is 3.77. The Morgan fingerprint density at radius 1 is 1.35 bits per heavy atom. The second-order valence-electron chi connectivity index (χ2n) is 4.48. The SMILES string of the molecule is CC(=O)Nc1nnc(CCOc2cccc(C)c2C)s1. The molecule has 0 aliphatic rings. The zero-order valence-electron chi connectivity index (χ0n) is 11.8. The molecule has 0 fully saturated rings. The number of amides is 1. The van der Waals surface area contributed by atoms with Crippen molar-refractivity contribution in [2.24, 2.45) is 0 Å². The van der Waals surface area contributed by atoms with E-state index in [2.05, 4.69) is 28.5 Å². The van der Waals surface area contributed by atoms with Gasteiger partial charge < -0.3 is 10.1 Å². The van der Waals surface area contributed by atoms with Crippen LogP contribution in [0.5, 0.6) is 5.75 Å². The standard InChI is InChI=1S/C14H17N3O2S/c1-9-5-4-6-12(10(9)2)19-8-7-13-16-17-14(20-13)15-11(3)18/h4-6H,7-8H2,1-3H3,(H,15,17,18). The van der Waals surface area contributed by atoms with Gasteiger partial charge in [-0.05, 0) is 31.0 Å². The second-order valence-corrected chi connectivity index (χ2v) is 5.54. The second kappa shape index (κ2) is 6.47. The molecule has 0 saturated carbocycles. The molecular formula is C14H17N3O2S. The van der Waals surface area contributed by atoms with Crippen molar-refractivity contribution in [3.63, 3.8) is 0 Å². The Morgan fingerprint density at radius 2 is 2.15 bits per heavy atom. The molecule has 0 saturated heterocycles. The summed E-state index contributed by atoms with van der Waals surface area (Å²) in [5.41, 5.74) is 2.37. The summed E-state index contributed by atoms with van der Waals surface area (Å²) in [6, 6.07) is 6.01. The largest absolute Gasteiger partial charge is 0.493 e. The summed E-state index contributed by atoms with van der Waals surface area (Å²) < 4.78 is 5.76. The summed E-state index contributed by atoms with van der Waals surface area (Å²) in [6.45, 7) is 6.10. The fraction of sp³-hybridized carbons (Fsp3) is 0.357.